The Balaban J connectivity index is 1.34. The van der Waals surface area contributed by atoms with Gasteiger partial charge in [-0.25, -0.2) is 0 Å². The maximum Gasteiger partial charge on any atom is 0.289 e. The Labute approximate surface area is 163 Å². The average Bonchev–Trinajstić information content (AvgIpc) is 3.30. The number of ether oxygens (including phenoxy) is 1. The van der Waals surface area contributed by atoms with Crippen LogP contribution in [0.2, 0.25) is 0 Å². The van der Waals surface area contributed by atoms with Crippen LogP contribution in [0.1, 0.15) is 67.7 Å². The molecule has 5 heteroatoms. The Hall–Kier alpha value is -1.33. The molecule has 1 spiro atoms. The van der Waals surface area contributed by atoms with Crippen molar-refractivity contribution in [3.05, 3.63) is 23.7 Å². The molecule has 0 aromatic carbocycles. The fourth-order valence-corrected chi connectivity index (χ4v) is 5.51. The quantitative estimate of drug-likeness (QED) is 0.783. The van der Waals surface area contributed by atoms with Gasteiger partial charge in [-0.2, -0.15) is 0 Å². The lowest BCUT2D eigenvalue weighted by atomic mass is 9.78. The van der Waals surface area contributed by atoms with Crippen LogP contribution in [0.15, 0.2) is 16.5 Å². The van der Waals surface area contributed by atoms with Crippen LogP contribution in [0, 0.1) is 11.3 Å². The topological polar surface area (TPSA) is 45.9 Å². The number of nitrogens with zero attached hydrogens (tertiary/aromatic N) is 2. The van der Waals surface area contributed by atoms with Gasteiger partial charge in [0.2, 0.25) is 0 Å². The Bertz CT molecular complexity index is 637. The Morgan fingerprint density at radius 1 is 1.15 bits per heavy atom. The van der Waals surface area contributed by atoms with E-state index in [1.54, 1.807) is 13.2 Å². The number of hydrogen-bond acceptors (Lipinski definition) is 4. The number of carbonyl (C=O) groups is 1. The molecule has 0 radical (unpaired) electrons. The molecule has 4 rings (SSSR count). The first-order valence-electron chi connectivity index (χ1n) is 10.8. The van der Waals surface area contributed by atoms with Crippen LogP contribution in [-0.2, 0) is 11.3 Å². The summed E-state index contributed by atoms with van der Waals surface area (Å²) in [6.45, 7) is 5.83. The van der Waals surface area contributed by atoms with E-state index in [-0.39, 0.29) is 5.91 Å². The third kappa shape index (κ3) is 4.40. The standard InChI is InChI=1S/C22H34N2O3/c1-26-15-19-8-9-20(27-19)21(25)24-13-11-22(17-24)10-5-12-23(16-22)14-18-6-3-2-4-7-18/h8-9,18H,2-7,10-17H2,1H3. The summed E-state index contributed by atoms with van der Waals surface area (Å²) in [5.74, 6) is 2.11. The zero-order valence-corrected chi connectivity index (χ0v) is 16.8. The van der Waals surface area contributed by atoms with Crippen molar-refractivity contribution in [2.45, 2.75) is 58.0 Å². The van der Waals surface area contributed by atoms with Gasteiger partial charge in [0.1, 0.15) is 12.4 Å². The van der Waals surface area contributed by atoms with E-state index in [1.807, 2.05) is 11.0 Å². The highest BCUT2D eigenvalue weighted by Crippen LogP contribution is 2.40. The molecule has 1 aromatic rings. The first kappa shape index (κ1) is 19.0. The molecule has 3 heterocycles. The molecule has 3 aliphatic rings. The molecular weight excluding hydrogens is 340 g/mol. The molecule has 1 unspecified atom stereocenters. The number of amides is 1. The smallest absolute Gasteiger partial charge is 0.289 e. The second kappa shape index (κ2) is 8.36. The van der Waals surface area contributed by atoms with Gasteiger partial charge in [-0.15, -0.1) is 0 Å². The number of methoxy groups -OCH3 is 1. The summed E-state index contributed by atoms with van der Waals surface area (Å²) < 4.78 is 10.8. The molecule has 1 aliphatic carbocycles. The van der Waals surface area contributed by atoms with Crippen molar-refractivity contribution in [1.29, 1.82) is 0 Å². The monoisotopic (exact) mass is 374 g/mol. The van der Waals surface area contributed by atoms with Gasteiger partial charge in [0.05, 0.1) is 0 Å². The molecular formula is C22H34N2O3. The molecule has 0 N–H and O–H groups in total. The van der Waals surface area contributed by atoms with E-state index in [4.69, 9.17) is 9.15 Å². The predicted octanol–water partition coefficient (Wildman–Crippen LogP) is 3.93. The molecule has 2 saturated heterocycles. The summed E-state index contributed by atoms with van der Waals surface area (Å²) in [4.78, 5) is 17.6. The van der Waals surface area contributed by atoms with Crippen LogP contribution in [0.5, 0.6) is 0 Å². The van der Waals surface area contributed by atoms with Crippen molar-refractivity contribution in [2.24, 2.45) is 11.3 Å². The first-order valence-corrected chi connectivity index (χ1v) is 10.8. The predicted molar refractivity (Wildman–Crippen MR) is 105 cm³/mol. The number of rotatable bonds is 5. The summed E-state index contributed by atoms with van der Waals surface area (Å²) in [7, 11) is 1.64. The summed E-state index contributed by atoms with van der Waals surface area (Å²) in [5.41, 5.74) is 0.296. The van der Waals surface area contributed by atoms with E-state index < -0.39 is 0 Å². The van der Waals surface area contributed by atoms with Gasteiger partial charge in [-0.3, -0.25) is 4.79 Å². The zero-order chi connectivity index (χ0) is 18.7. The van der Waals surface area contributed by atoms with Crippen LogP contribution in [0.4, 0.5) is 0 Å². The van der Waals surface area contributed by atoms with E-state index in [9.17, 15) is 4.79 Å². The highest BCUT2D eigenvalue weighted by molar-refractivity contribution is 5.91. The fraction of sp³-hybridized carbons (Fsp3) is 0.773. The van der Waals surface area contributed by atoms with Gasteiger partial charge < -0.3 is 19.0 Å². The third-order valence-electron chi connectivity index (χ3n) is 6.87. The van der Waals surface area contributed by atoms with Crippen LogP contribution in [0.25, 0.3) is 0 Å². The van der Waals surface area contributed by atoms with Crippen molar-refractivity contribution in [2.75, 3.05) is 39.8 Å². The molecule has 1 atom stereocenters. The fourth-order valence-electron chi connectivity index (χ4n) is 5.51. The zero-order valence-electron chi connectivity index (χ0n) is 16.8. The van der Waals surface area contributed by atoms with E-state index >= 15 is 0 Å². The highest BCUT2D eigenvalue weighted by atomic mass is 16.5. The van der Waals surface area contributed by atoms with Gasteiger partial charge in [-0.05, 0) is 56.7 Å². The number of furan rings is 1. The van der Waals surface area contributed by atoms with Crippen LogP contribution >= 0.6 is 0 Å². The van der Waals surface area contributed by atoms with Crippen molar-refractivity contribution in [3.63, 3.8) is 0 Å². The lowest BCUT2D eigenvalue weighted by Gasteiger charge is -2.42. The average molecular weight is 375 g/mol. The lowest BCUT2D eigenvalue weighted by molar-refractivity contribution is 0.0608. The number of hydrogen-bond donors (Lipinski definition) is 0. The molecule has 1 saturated carbocycles. The molecule has 3 fully saturated rings. The van der Waals surface area contributed by atoms with E-state index in [2.05, 4.69) is 4.90 Å². The minimum atomic E-state index is 0.0404. The Kier molecular flexibility index (Phi) is 5.88. The van der Waals surface area contributed by atoms with Crippen LogP contribution in [-0.4, -0.2) is 55.5 Å². The lowest BCUT2D eigenvalue weighted by Crippen LogP contribution is -2.47. The third-order valence-corrected chi connectivity index (χ3v) is 6.87. The normalized spacial score (nSPS) is 27.5. The molecule has 150 valence electrons. The summed E-state index contributed by atoms with van der Waals surface area (Å²) in [5, 5.41) is 0. The molecule has 1 aromatic heterocycles. The van der Waals surface area contributed by atoms with Crippen LogP contribution < -0.4 is 0 Å². The van der Waals surface area contributed by atoms with Crippen LogP contribution in [0.3, 0.4) is 0 Å². The second-order valence-electron chi connectivity index (χ2n) is 9.02. The largest absolute Gasteiger partial charge is 0.453 e. The molecule has 2 aliphatic heterocycles. The minimum Gasteiger partial charge on any atom is -0.453 e. The van der Waals surface area contributed by atoms with Gasteiger partial charge in [0, 0.05) is 38.7 Å². The number of carbonyl (C=O) groups excluding carboxylic acids is 1. The summed E-state index contributed by atoms with van der Waals surface area (Å²) >= 11 is 0. The molecule has 5 nitrogen and oxygen atoms in total. The van der Waals surface area contributed by atoms with Gasteiger partial charge in [0.15, 0.2) is 5.76 Å². The number of piperidine rings is 1. The van der Waals surface area contributed by atoms with Gasteiger partial charge in [0.25, 0.3) is 5.91 Å². The van der Waals surface area contributed by atoms with Crippen molar-refractivity contribution in [1.82, 2.24) is 9.80 Å². The molecule has 0 bridgehead atoms. The van der Waals surface area contributed by atoms with Gasteiger partial charge >= 0.3 is 0 Å². The van der Waals surface area contributed by atoms with E-state index in [1.165, 1.54) is 64.6 Å². The van der Waals surface area contributed by atoms with Crippen molar-refractivity contribution >= 4 is 5.91 Å². The minimum absolute atomic E-state index is 0.0404. The maximum absolute atomic E-state index is 12.9. The van der Waals surface area contributed by atoms with Crippen molar-refractivity contribution in [3.8, 4) is 0 Å². The Morgan fingerprint density at radius 3 is 2.81 bits per heavy atom. The van der Waals surface area contributed by atoms with E-state index in [0.29, 0.717) is 23.5 Å². The second-order valence-corrected chi connectivity index (χ2v) is 9.02. The summed E-state index contributed by atoms with van der Waals surface area (Å²) in [6.07, 6.45) is 10.7. The molecule has 27 heavy (non-hydrogen) atoms. The molecule has 1 amide bonds. The maximum atomic E-state index is 12.9. The first-order chi connectivity index (χ1) is 13.2. The number of likely N-dealkylation sites (tertiary alicyclic amines) is 2. The Morgan fingerprint density at radius 2 is 2.00 bits per heavy atom. The SMILES string of the molecule is COCc1ccc(C(=O)N2CCC3(CCCN(CC4CCCCC4)C3)C2)o1. The van der Waals surface area contributed by atoms with Gasteiger partial charge in [-0.1, -0.05) is 19.3 Å². The summed E-state index contributed by atoms with van der Waals surface area (Å²) in [6, 6.07) is 3.63. The highest BCUT2D eigenvalue weighted by Gasteiger charge is 2.43. The van der Waals surface area contributed by atoms with Crippen molar-refractivity contribution < 1.29 is 13.9 Å². The van der Waals surface area contributed by atoms with E-state index in [0.717, 1.165) is 25.4 Å².